The molecule has 1 aromatic heterocycles. The molecular formula is C16H16ClN3O2. The number of benzene rings is 1. The Balaban J connectivity index is 1.96. The third-order valence-electron chi connectivity index (χ3n) is 2.72. The number of pyridine rings is 1. The Morgan fingerprint density at radius 3 is 3.00 bits per heavy atom. The second-order valence-electron chi connectivity index (χ2n) is 4.48. The summed E-state index contributed by atoms with van der Waals surface area (Å²) in [5.74, 6) is 0.318. The van der Waals surface area contributed by atoms with E-state index >= 15 is 0 Å². The Bertz CT molecular complexity index is 660. The summed E-state index contributed by atoms with van der Waals surface area (Å²) in [5, 5.41) is 4.41. The van der Waals surface area contributed by atoms with Crippen molar-refractivity contribution in [2.45, 2.75) is 13.3 Å². The van der Waals surface area contributed by atoms with E-state index in [2.05, 4.69) is 15.5 Å². The lowest BCUT2D eigenvalue weighted by Gasteiger charge is -2.06. The molecule has 2 aromatic rings. The summed E-state index contributed by atoms with van der Waals surface area (Å²) >= 11 is 6.12. The minimum atomic E-state index is -0.321. The molecule has 0 spiro atoms. The van der Waals surface area contributed by atoms with Gasteiger partial charge in [0.1, 0.15) is 5.75 Å². The number of amides is 1. The van der Waals surface area contributed by atoms with Crippen LogP contribution in [0.4, 0.5) is 0 Å². The zero-order chi connectivity index (χ0) is 15.8. The van der Waals surface area contributed by atoms with E-state index in [1.165, 1.54) is 12.4 Å². The summed E-state index contributed by atoms with van der Waals surface area (Å²) in [6, 6.07) is 8.67. The molecule has 0 bridgehead atoms. The van der Waals surface area contributed by atoms with Crippen molar-refractivity contribution in [2.75, 3.05) is 6.61 Å². The number of nitrogens with one attached hydrogen (secondary N) is 1. The molecule has 5 nitrogen and oxygen atoms in total. The fraction of sp³-hybridized carbons (Fsp3) is 0.188. The van der Waals surface area contributed by atoms with E-state index in [0.29, 0.717) is 22.9 Å². The van der Waals surface area contributed by atoms with Crippen molar-refractivity contribution in [3.05, 3.63) is 58.9 Å². The van der Waals surface area contributed by atoms with Crippen molar-refractivity contribution in [3.8, 4) is 5.75 Å². The SMILES string of the molecule is CCCOc1ccc(/C=N\NC(=O)c2cccnc2)cc1Cl. The molecular weight excluding hydrogens is 302 g/mol. The maximum Gasteiger partial charge on any atom is 0.272 e. The molecule has 0 unspecified atom stereocenters. The van der Waals surface area contributed by atoms with Crippen molar-refractivity contribution < 1.29 is 9.53 Å². The minimum absolute atomic E-state index is 0.321. The number of aromatic nitrogens is 1. The smallest absolute Gasteiger partial charge is 0.272 e. The van der Waals surface area contributed by atoms with Crippen LogP contribution in [-0.4, -0.2) is 23.7 Å². The standard InChI is InChI=1S/C16H16ClN3O2/c1-2-8-22-15-6-5-12(9-14(15)17)10-19-20-16(21)13-4-3-7-18-11-13/h3-7,9-11H,2,8H2,1H3,(H,20,21)/b19-10-. The molecule has 1 amide bonds. The van der Waals surface area contributed by atoms with Gasteiger partial charge in [0.2, 0.25) is 0 Å². The number of hydrogen-bond donors (Lipinski definition) is 1. The topological polar surface area (TPSA) is 63.6 Å². The highest BCUT2D eigenvalue weighted by Gasteiger charge is 2.04. The molecule has 0 aliphatic carbocycles. The second kappa shape index (κ2) is 8.14. The highest BCUT2D eigenvalue weighted by molar-refractivity contribution is 6.32. The number of hydrazone groups is 1. The molecule has 0 aliphatic heterocycles. The van der Waals surface area contributed by atoms with Crippen LogP contribution in [0.3, 0.4) is 0 Å². The zero-order valence-electron chi connectivity index (χ0n) is 12.1. The first-order valence-electron chi connectivity index (χ1n) is 6.86. The lowest BCUT2D eigenvalue weighted by atomic mass is 10.2. The average Bonchev–Trinajstić information content (AvgIpc) is 2.55. The van der Waals surface area contributed by atoms with Gasteiger partial charge in [-0.05, 0) is 42.3 Å². The van der Waals surface area contributed by atoms with Crippen molar-refractivity contribution in [1.82, 2.24) is 10.4 Å². The summed E-state index contributed by atoms with van der Waals surface area (Å²) < 4.78 is 5.49. The van der Waals surface area contributed by atoms with Gasteiger partial charge in [0, 0.05) is 12.4 Å². The third-order valence-corrected chi connectivity index (χ3v) is 3.02. The molecule has 1 N–H and O–H groups in total. The van der Waals surface area contributed by atoms with Crippen LogP contribution in [0.15, 0.2) is 47.8 Å². The highest BCUT2D eigenvalue weighted by Crippen LogP contribution is 2.24. The quantitative estimate of drug-likeness (QED) is 0.657. The van der Waals surface area contributed by atoms with Crippen molar-refractivity contribution in [1.29, 1.82) is 0 Å². The van der Waals surface area contributed by atoms with Crippen molar-refractivity contribution in [2.24, 2.45) is 5.10 Å². The number of carbonyl (C=O) groups excluding carboxylic acids is 1. The van der Waals surface area contributed by atoms with E-state index in [-0.39, 0.29) is 5.91 Å². The van der Waals surface area contributed by atoms with E-state index in [9.17, 15) is 4.79 Å². The summed E-state index contributed by atoms with van der Waals surface area (Å²) in [6.07, 6.45) is 5.51. The highest BCUT2D eigenvalue weighted by atomic mass is 35.5. The van der Waals surface area contributed by atoms with Crippen LogP contribution in [0.5, 0.6) is 5.75 Å². The first-order chi connectivity index (χ1) is 10.7. The van der Waals surface area contributed by atoms with Crippen LogP contribution < -0.4 is 10.2 Å². The predicted octanol–water partition coefficient (Wildman–Crippen LogP) is 3.29. The summed E-state index contributed by atoms with van der Waals surface area (Å²) in [5.41, 5.74) is 3.64. The molecule has 1 heterocycles. The van der Waals surface area contributed by atoms with Gasteiger partial charge >= 0.3 is 0 Å². The molecule has 0 aliphatic rings. The molecule has 0 radical (unpaired) electrons. The molecule has 1 aromatic carbocycles. The molecule has 114 valence electrons. The van der Waals surface area contributed by atoms with Crippen LogP contribution in [0.2, 0.25) is 5.02 Å². The fourth-order valence-electron chi connectivity index (χ4n) is 1.65. The molecule has 0 atom stereocenters. The lowest BCUT2D eigenvalue weighted by Crippen LogP contribution is -2.17. The molecule has 6 heteroatoms. The molecule has 22 heavy (non-hydrogen) atoms. The molecule has 0 saturated carbocycles. The van der Waals surface area contributed by atoms with Crippen LogP contribution in [0.25, 0.3) is 0 Å². The van der Waals surface area contributed by atoms with E-state index in [1.54, 1.807) is 30.5 Å². The predicted molar refractivity (Wildman–Crippen MR) is 86.5 cm³/mol. The summed E-state index contributed by atoms with van der Waals surface area (Å²) in [7, 11) is 0. The maximum absolute atomic E-state index is 11.8. The van der Waals surface area contributed by atoms with Crippen molar-refractivity contribution >= 4 is 23.7 Å². The Kier molecular flexibility index (Phi) is 5.91. The van der Waals surface area contributed by atoms with Crippen LogP contribution in [-0.2, 0) is 0 Å². The van der Waals surface area contributed by atoms with E-state index in [4.69, 9.17) is 16.3 Å². The summed E-state index contributed by atoms with van der Waals surface area (Å²) in [6.45, 7) is 2.65. The molecule has 0 saturated heterocycles. The normalized spacial score (nSPS) is 10.6. The van der Waals surface area contributed by atoms with E-state index < -0.39 is 0 Å². The van der Waals surface area contributed by atoms with Gasteiger partial charge in [-0.2, -0.15) is 5.10 Å². The summed E-state index contributed by atoms with van der Waals surface area (Å²) in [4.78, 5) is 15.6. The Morgan fingerprint density at radius 1 is 1.45 bits per heavy atom. The van der Waals surface area contributed by atoms with Gasteiger partial charge in [-0.15, -0.1) is 0 Å². The average molecular weight is 318 g/mol. The first-order valence-corrected chi connectivity index (χ1v) is 7.24. The van der Waals surface area contributed by atoms with Gasteiger partial charge in [-0.25, -0.2) is 5.43 Å². The monoisotopic (exact) mass is 317 g/mol. The largest absolute Gasteiger partial charge is 0.492 e. The fourth-order valence-corrected chi connectivity index (χ4v) is 1.90. The third kappa shape index (κ3) is 4.56. The van der Waals surface area contributed by atoms with Gasteiger partial charge in [0.15, 0.2) is 0 Å². The number of rotatable bonds is 6. The molecule has 0 fully saturated rings. The van der Waals surface area contributed by atoms with Gasteiger partial charge in [0.25, 0.3) is 5.91 Å². The number of halogens is 1. The van der Waals surface area contributed by atoms with Crippen molar-refractivity contribution in [3.63, 3.8) is 0 Å². The Morgan fingerprint density at radius 2 is 2.32 bits per heavy atom. The Labute approximate surface area is 134 Å². The van der Waals surface area contributed by atoms with Gasteiger partial charge in [0.05, 0.1) is 23.4 Å². The second-order valence-corrected chi connectivity index (χ2v) is 4.89. The lowest BCUT2D eigenvalue weighted by molar-refractivity contribution is 0.0955. The Hall–Kier alpha value is -2.40. The number of ether oxygens (including phenoxy) is 1. The van der Waals surface area contributed by atoms with Crippen LogP contribution in [0, 0.1) is 0 Å². The van der Waals surface area contributed by atoms with E-state index in [0.717, 1.165) is 12.0 Å². The van der Waals surface area contributed by atoms with Crippen LogP contribution in [0.1, 0.15) is 29.3 Å². The number of nitrogens with zero attached hydrogens (tertiary/aromatic N) is 2. The zero-order valence-corrected chi connectivity index (χ0v) is 12.9. The van der Waals surface area contributed by atoms with E-state index in [1.807, 2.05) is 13.0 Å². The number of carbonyl (C=O) groups is 1. The maximum atomic E-state index is 11.8. The van der Waals surface area contributed by atoms with Gasteiger partial charge in [-0.1, -0.05) is 18.5 Å². The van der Waals surface area contributed by atoms with Crippen LogP contribution >= 0.6 is 11.6 Å². The molecule has 2 rings (SSSR count). The number of hydrogen-bond acceptors (Lipinski definition) is 4. The minimum Gasteiger partial charge on any atom is -0.492 e. The first kappa shape index (κ1) is 16.0. The van der Waals surface area contributed by atoms with Gasteiger partial charge < -0.3 is 4.74 Å². The van der Waals surface area contributed by atoms with Gasteiger partial charge in [-0.3, -0.25) is 9.78 Å².